The summed E-state index contributed by atoms with van der Waals surface area (Å²) in [6.07, 6.45) is 7.32. The van der Waals surface area contributed by atoms with Gasteiger partial charge in [0.05, 0.1) is 11.9 Å². The van der Waals surface area contributed by atoms with Gasteiger partial charge >= 0.3 is 0 Å². The maximum Gasteiger partial charge on any atom is 0.232 e. The van der Waals surface area contributed by atoms with E-state index in [9.17, 15) is 0 Å². The number of aromatic nitrogens is 4. The Hall–Kier alpha value is -2.24. The molecule has 0 unspecified atom stereocenters. The van der Waals surface area contributed by atoms with Gasteiger partial charge in [-0.15, -0.1) is 0 Å². The average molecular weight is 285 g/mol. The molecule has 1 saturated heterocycles. The van der Waals surface area contributed by atoms with Crippen LogP contribution in [0.2, 0.25) is 0 Å². The minimum absolute atomic E-state index is 0.195. The zero-order chi connectivity index (χ0) is 14.7. The van der Waals surface area contributed by atoms with Crippen molar-refractivity contribution < 1.29 is 4.74 Å². The Morgan fingerprint density at radius 3 is 2.67 bits per heavy atom. The van der Waals surface area contributed by atoms with Gasteiger partial charge in [-0.1, -0.05) is 0 Å². The minimum Gasteiger partial charge on any atom is -0.473 e. The largest absolute Gasteiger partial charge is 0.473 e. The van der Waals surface area contributed by atoms with Crippen molar-refractivity contribution in [3.05, 3.63) is 36.2 Å². The Balaban J connectivity index is 1.58. The lowest BCUT2D eigenvalue weighted by molar-refractivity contribution is 0.163. The van der Waals surface area contributed by atoms with Crippen molar-refractivity contribution in [3.8, 4) is 5.88 Å². The van der Waals surface area contributed by atoms with E-state index in [0.29, 0.717) is 5.88 Å². The van der Waals surface area contributed by atoms with Crippen molar-refractivity contribution in [3.63, 3.8) is 0 Å². The molecule has 0 aliphatic carbocycles. The SMILES string of the molecule is Cc1cncc(OC2CCN(c3ccnc(C)n3)CC2)n1. The molecule has 3 heterocycles. The molecule has 0 spiro atoms. The van der Waals surface area contributed by atoms with E-state index in [1.807, 2.05) is 26.1 Å². The highest BCUT2D eigenvalue weighted by atomic mass is 16.5. The van der Waals surface area contributed by atoms with E-state index in [4.69, 9.17) is 4.74 Å². The lowest BCUT2D eigenvalue weighted by Crippen LogP contribution is -2.38. The third-order valence-corrected chi connectivity index (χ3v) is 3.55. The summed E-state index contributed by atoms with van der Waals surface area (Å²) >= 11 is 0. The van der Waals surface area contributed by atoms with E-state index in [1.165, 1.54) is 0 Å². The highest BCUT2D eigenvalue weighted by Crippen LogP contribution is 2.20. The third-order valence-electron chi connectivity index (χ3n) is 3.55. The molecule has 6 heteroatoms. The van der Waals surface area contributed by atoms with Gasteiger partial charge in [0.25, 0.3) is 0 Å². The van der Waals surface area contributed by atoms with Gasteiger partial charge in [-0.25, -0.2) is 15.0 Å². The first-order valence-electron chi connectivity index (χ1n) is 7.20. The van der Waals surface area contributed by atoms with Crippen LogP contribution in [0.4, 0.5) is 5.82 Å². The molecule has 3 rings (SSSR count). The van der Waals surface area contributed by atoms with E-state index >= 15 is 0 Å². The van der Waals surface area contributed by atoms with Gasteiger partial charge in [0, 0.05) is 38.3 Å². The molecule has 0 saturated carbocycles. The van der Waals surface area contributed by atoms with E-state index in [2.05, 4.69) is 24.8 Å². The number of rotatable bonds is 3. The molecule has 0 aromatic carbocycles. The smallest absolute Gasteiger partial charge is 0.232 e. The van der Waals surface area contributed by atoms with Crippen molar-refractivity contribution in [1.82, 2.24) is 19.9 Å². The predicted molar refractivity (Wildman–Crippen MR) is 79.4 cm³/mol. The van der Waals surface area contributed by atoms with Gasteiger partial charge in [0.15, 0.2) is 0 Å². The Morgan fingerprint density at radius 2 is 1.95 bits per heavy atom. The Bertz CT molecular complexity index is 611. The third kappa shape index (κ3) is 3.45. The maximum absolute atomic E-state index is 5.91. The van der Waals surface area contributed by atoms with Gasteiger partial charge in [0.2, 0.25) is 5.88 Å². The van der Waals surface area contributed by atoms with Crippen LogP contribution in [0, 0.1) is 13.8 Å². The summed E-state index contributed by atoms with van der Waals surface area (Å²) in [5.41, 5.74) is 0.876. The molecular formula is C15H19N5O. The van der Waals surface area contributed by atoms with Crippen LogP contribution in [0.15, 0.2) is 24.7 Å². The number of hydrogen-bond acceptors (Lipinski definition) is 6. The van der Waals surface area contributed by atoms with E-state index in [0.717, 1.165) is 43.3 Å². The standard InChI is InChI=1S/C15H19N5O/c1-11-9-16-10-15(18-11)21-13-4-7-20(8-5-13)14-3-6-17-12(2)19-14/h3,6,9-10,13H,4-5,7-8H2,1-2H3. The molecule has 110 valence electrons. The molecule has 0 radical (unpaired) electrons. The van der Waals surface area contributed by atoms with Crippen molar-refractivity contribution >= 4 is 5.82 Å². The fraction of sp³-hybridized carbons (Fsp3) is 0.467. The highest BCUT2D eigenvalue weighted by Gasteiger charge is 2.22. The number of hydrogen-bond donors (Lipinski definition) is 0. The minimum atomic E-state index is 0.195. The van der Waals surface area contributed by atoms with E-state index in [1.54, 1.807) is 12.4 Å². The van der Waals surface area contributed by atoms with Crippen LogP contribution in [-0.4, -0.2) is 39.1 Å². The molecule has 1 fully saturated rings. The molecule has 0 atom stereocenters. The second kappa shape index (κ2) is 6.03. The maximum atomic E-state index is 5.91. The van der Waals surface area contributed by atoms with Crippen LogP contribution >= 0.6 is 0 Å². The predicted octanol–water partition coefficient (Wildman–Crippen LogP) is 1.93. The van der Waals surface area contributed by atoms with Gasteiger partial charge in [-0.2, -0.15) is 0 Å². The number of nitrogens with zero attached hydrogens (tertiary/aromatic N) is 5. The summed E-state index contributed by atoms with van der Waals surface area (Å²) in [5.74, 6) is 2.42. The normalized spacial score (nSPS) is 16.0. The lowest BCUT2D eigenvalue weighted by Gasteiger charge is -2.32. The Morgan fingerprint density at radius 1 is 1.14 bits per heavy atom. The number of aryl methyl sites for hydroxylation is 2. The van der Waals surface area contributed by atoms with Crippen LogP contribution < -0.4 is 9.64 Å². The molecule has 21 heavy (non-hydrogen) atoms. The van der Waals surface area contributed by atoms with Crippen LogP contribution in [0.5, 0.6) is 5.88 Å². The first kappa shape index (κ1) is 13.7. The molecule has 2 aromatic heterocycles. The van der Waals surface area contributed by atoms with Crippen LogP contribution in [0.3, 0.4) is 0 Å². The summed E-state index contributed by atoms with van der Waals surface area (Å²) in [7, 11) is 0. The van der Waals surface area contributed by atoms with Crippen LogP contribution in [0.1, 0.15) is 24.4 Å². The van der Waals surface area contributed by atoms with E-state index < -0.39 is 0 Å². The van der Waals surface area contributed by atoms with Gasteiger partial charge in [-0.3, -0.25) is 4.98 Å². The molecule has 2 aromatic rings. The van der Waals surface area contributed by atoms with Crippen molar-refractivity contribution in [2.75, 3.05) is 18.0 Å². The van der Waals surface area contributed by atoms with Crippen LogP contribution in [-0.2, 0) is 0 Å². The monoisotopic (exact) mass is 285 g/mol. The zero-order valence-electron chi connectivity index (χ0n) is 12.4. The summed E-state index contributed by atoms with van der Waals surface area (Å²) < 4.78 is 5.91. The molecule has 6 nitrogen and oxygen atoms in total. The summed E-state index contributed by atoms with van der Waals surface area (Å²) in [6, 6.07) is 1.96. The Kier molecular flexibility index (Phi) is 3.94. The fourth-order valence-corrected chi connectivity index (χ4v) is 2.49. The number of ether oxygens (including phenoxy) is 1. The number of piperidine rings is 1. The first-order chi connectivity index (χ1) is 10.2. The second-order valence-corrected chi connectivity index (χ2v) is 5.27. The second-order valence-electron chi connectivity index (χ2n) is 5.27. The van der Waals surface area contributed by atoms with Crippen molar-refractivity contribution in [2.45, 2.75) is 32.8 Å². The van der Waals surface area contributed by atoms with Gasteiger partial charge < -0.3 is 9.64 Å². The van der Waals surface area contributed by atoms with Crippen molar-refractivity contribution in [1.29, 1.82) is 0 Å². The van der Waals surface area contributed by atoms with Crippen LogP contribution in [0.25, 0.3) is 0 Å². The summed E-state index contributed by atoms with van der Waals surface area (Å²) in [6.45, 7) is 5.69. The quantitative estimate of drug-likeness (QED) is 0.858. The average Bonchev–Trinajstić information content (AvgIpc) is 2.48. The highest BCUT2D eigenvalue weighted by molar-refractivity contribution is 5.37. The molecular weight excluding hydrogens is 266 g/mol. The molecule has 0 N–H and O–H groups in total. The first-order valence-corrected chi connectivity index (χ1v) is 7.20. The number of anilines is 1. The zero-order valence-corrected chi connectivity index (χ0v) is 12.4. The molecule has 1 aliphatic rings. The lowest BCUT2D eigenvalue weighted by atomic mass is 10.1. The van der Waals surface area contributed by atoms with E-state index in [-0.39, 0.29) is 6.10 Å². The Labute approximate surface area is 124 Å². The van der Waals surface area contributed by atoms with Gasteiger partial charge in [0.1, 0.15) is 17.7 Å². The fourth-order valence-electron chi connectivity index (χ4n) is 2.49. The summed E-state index contributed by atoms with van der Waals surface area (Å²) in [5, 5.41) is 0. The van der Waals surface area contributed by atoms with Gasteiger partial charge in [-0.05, 0) is 19.9 Å². The summed E-state index contributed by atoms with van der Waals surface area (Å²) in [4.78, 5) is 19.3. The molecule has 0 amide bonds. The molecule has 0 bridgehead atoms. The molecule has 1 aliphatic heterocycles. The topological polar surface area (TPSA) is 64.0 Å². The van der Waals surface area contributed by atoms with Crippen molar-refractivity contribution in [2.24, 2.45) is 0 Å².